The van der Waals surface area contributed by atoms with Gasteiger partial charge < -0.3 is 10.6 Å². The summed E-state index contributed by atoms with van der Waals surface area (Å²) in [7, 11) is 3.57. The van der Waals surface area contributed by atoms with E-state index in [0.717, 1.165) is 5.69 Å². The van der Waals surface area contributed by atoms with Crippen LogP contribution in [0.1, 0.15) is 16.3 Å². The third-order valence-corrected chi connectivity index (χ3v) is 2.34. The zero-order chi connectivity index (χ0) is 13.0. The molecule has 0 aromatic carbocycles. The van der Waals surface area contributed by atoms with E-state index >= 15 is 0 Å². The van der Waals surface area contributed by atoms with Gasteiger partial charge in [0.05, 0.1) is 18.4 Å². The maximum absolute atomic E-state index is 11.8. The molecule has 0 fully saturated rings. The van der Waals surface area contributed by atoms with E-state index in [4.69, 9.17) is 0 Å². The molecule has 1 amide bonds. The summed E-state index contributed by atoms with van der Waals surface area (Å²) in [6, 6.07) is 3.45. The van der Waals surface area contributed by atoms with Crippen molar-refractivity contribution < 1.29 is 4.79 Å². The second kappa shape index (κ2) is 5.26. The van der Waals surface area contributed by atoms with E-state index in [1.807, 2.05) is 0 Å². The van der Waals surface area contributed by atoms with Crippen LogP contribution < -0.4 is 10.6 Å². The second-order valence-corrected chi connectivity index (χ2v) is 3.70. The van der Waals surface area contributed by atoms with Crippen LogP contribution in [0, 0.1) is 0 Å². The molecule has 0 saturated carbocycles. The average molecular weight is 246 g/mol. The van der Waals surface area contributed by atoms with Crippen molar-refractivity contribution in [2.24, 2.45) is 7.05 Å². The molecule has 18 heavy (non-hydrogen) atoms. The number of carbonyl (C=O) groups excluding carboxylic acids is 1. The smallest absolute Gasteiger partial charge is 0.270 e. The Kier molecular flexibility index (Phi) is 3.52. The monoisotopic (exact) mass is 246 g/mol. The van der Waals surface area contributed by atoms with Gasteiger partial charge in [-0.2, -0.15) is 5.10 Å². The standard InChI is InChI=1S/C11H14N6O/c1-12-8-3-4-9(13-5-8)11(18)14-6-10-15-7-17(2)16-10/h3-5,7,12H,6H2,1-2H3,(H,14,18). The van der Waals surface area contributed by atoms with Crippen LogP contribution in [0.4, 0.5) is 5.69 Å². The number of nitrogens with zero attached hydrogens (tertiary/aromatic N) is 4. The SMILES string of the molecule is CNc1ccc(C(=O)NCc2ncn(C)n2)nc1. The number of rotatable bonds is 4. The maximum atomic E-state index is 11.8. The average Bonchev–Trinajstić information content (AvgIpc) is 2.82. The van der Waals surface area contributed by atoms with Gasteiger partial charge in [-0.1, -0.05) is 0 Å². The molecule has 0 aliphatic carbocycles. The van der Waals surface area contributed by atoms with Gasteiger partial charge in [-0.05, 0) is 12.1 Å². The fourth-order valence-corrected chi connectivity index (χ4v) is 1.39. The van der Waals surface area contributed by atoms with Gasteiger partial charge >= 0.3 is 0 Å². The lowest BCUT2D eigenvalue weighted by molar-refractivity contribution is 0.0945. The molecular weight excluding hydrogens is 232 g/mol. The predicted molar refractivity (Wildman–Crippen MR) is 66.0 cm³/mol. The minimum atomic E-state index is -0.245. The molecule has 2 heterocycles. The summed E-state index contributed by atoms with van der Waals surface area (Å²) < 4.78 is 1.58. The molecule has 94 valence electrons. The van der Waals surface area contributed by atoms with Gasteiger partial charge in [0.2, 0.25) is 0 Å². The van der Waals surface area contributed by atoms with Gasteiger partial charge in [-0.3, -0.25) is 9.48 Å². The van der Waals surface area contributed by atoms with Crippen molar-refractivity contribution in [2.45, 2.75) is 6.54 Å². The Labute approximate surface area is 104 Å². The lowest BCUT2D eigenvalue weighted by Gasteiger charge is -2.03. The number of aryl methyl sites for hydroxylation is 1. The highest BCUT2D eigenvalue weighted by Crippen LogP contribution is 2.04. The first-order chi connectivity index (χ1) is 8.69. The van der Waals surface area contributed by atoms with Gasteiger partial charge in [0.25, 0.3) is 5.91 Å². The van der Waals surface area contributed by atoms with Crippen molar-refractivity contribution in [1.82, 2.24) is 25.1 Å². The largest absolute Gasteiger partial charge is 0.387 e. The molecule has 0 bridgehead atoms. The molecule has 2 rings (SSSR count). The Morgan fingerprint density at radius 1 is 1.39 bits per heavy atom. The van der Waals surface area contributed by atoms with E-state index in [0.29, 0.717) is 11.5 Å². The molecule has 7 nitrogen and oxygen atoms in total. The molecule has 0 radical (unpaired) electrons. The molecule has 0 spiro atoms. The summed E-state index contributed by atoms with van der Waals surface area (Å²) in [6.07, 6.45) is 3.19. The zero-order valence-corrected chi connectivity index (χ0v) is 10.2. The predicted octanol–water partition coefficient (Wildman–Crippen LogP) is 0.182. The summed E-state index contributed by atoms with van der Waals surface area (Å²) in [5.41, 5.74) is 1.22. The minimum Gasteiger partial charge on any atom is -0.387 e. The summed E-state index contributed by atoms with van der Waals surface area (Å²) in [4.78, 5) is 19.8. The van der Waals surface area contributed by atoms with Crippen molar-refractivity contribution in [3.8, 4) is 0 Å². The van der Waals surface area contributed by atoms with Gasteiger partial charge in [0.1, 0.15) is 12.0 Å². The maximum Gasteiger partial charge on any atom is 0.270 e. The fraction of sp³-hybridized carbons (Fsp3) is 0.273. The number of nitrogens with one attached hydrogen (secondary N) is 2. The van der Waals surface area contributed by atoms with Crippen LogP contribution in [0.3, 0.4) is 0 Å². The lowest BCUT2D eigenvalue weighted by atomic mass is 10.3. The van der Waals surface area contributed by atoms with E-state index in [-0.39, 0.29) is 12.5 Å². The van der Waals surface area contributed by atoms with Gasteiger partial charge in [-0.25, -0.2) is 9.97 Å². The number of hydrogen-bond acceptors (Lipinski definition) is 5. The van der Waals surface area contributed by atoms with Crippen LogP contribution >= 0.6 is 0 Å². The first-order valence-corrected chi connectivity index (χ1v) is 5.45. The third kappa shape index (κ3) is 2.82. The Morgan fingerprint density at radius 2 is 2.22 bits per heavy atom. The van der Waals surface area contributed by atoms with Crippen LogP contribution in [0.25, 0.3) is 0 Å². The van der Waals surface area contributed by atoms with Crippen molar-refractivity contribution in [1.29, 1.82) is 0 Å². The third-order valence-electron chi connectivity index (χ3n) is 2.34. The summed E-state index contributed by atoms with van der Waals surface area (Å²) in [5.74, 6) is 0.322. The van der Waals surface area contributed by atoms with Gasteiger partial charge in [0.15, 0.2) is 5.82 Å². The molecule has 2 aromatic rings. The quantitative estimate of drug-likeness (QED) is 0.804. The lowest BCUT2D eigenvalue weighted by Crippen LogP contribution is -2.24. The number of hydrogen-bond donors (Lipinski definition) is 2. The second-order valence-electron chi connectivity index (χ2n) is 3.70. The summed E-state index contributed by atoms with van der Waals surface area (Å²) in [6.45, 7) is 0.287. The Balaban J connectivity index is 1.94. The summed E-state index contributed by atoms with van der Waals surface area (Å²) >= 11 is 0. The topological polar surface area (TPSA) is 84.7 Å². The van der Waals surface area contributed by atoms with Crippen LogP contribution in [0.2, 0.25) is 0 Å². The molecule has 0 aliphatic heterocycles. The minimum absolute atomic E-state index is 0.245. The van der Waals surface area contributed by atoms with Crippen LogP contribution in [-0.2, 0) is 13.6 Å². The Morgan fingerprint density at radius 3 is 2.78 bits per heavy atom. The molecule has 0 unspecified atom stereocenters. The van der Waals surface area contributed by atoms with Crippen molar-refractivity contribution in [3.05, 3.63) is 36.2 Å². The highest BCUT2D eigenvalue weighted by atomic mass is 16.1. The van der Waals surface area contributed by atoms with E-state index in [1.165, 1.54) is 0 Å². The van der Waals surface area contributed by atoms with Crippen LogP contribution in [0.15, 0.2) is 24.7 Å². The fourth-order valence-electron chi connectivity index (χ4n) is 1.39. The van der Waals surface area contributed by atoms with Crippen LogP contribution in [0.5, 0.6) is 0 Å². The number of carbonyl (C=O) groups is 1. The molecule has 0 aliphatic rings. The zero-order valence-electron chi connectivity index (χ0n) is 10.2. The van der Waals surface area contributed by atoms with E-state index in [1.54, 1.807) is 43.4 Å². The first-order valence-electron chi connectivity index (χ1n) is 5.45. The Hall–Kier alpha value is -2.44. The molecule has 0 saturated heterocycles. The van der Waals surface area contributed by atoms with Crippen molar-refractivity contribution in [3.63, 3.8) is 0 Å². The van der Waals surface area contributed by atoms with Crippen LogP contribution in [-0.4, -0.2) is 32.7 Å². The molecule has 0 atom stereocenters. The number of amides is 1. The van der Waals surface area contributed by atoms with Gasteiger partial charge in [-0.15, -0.1) is 0 Å². The van der Waals surface area contributed by atoms with E-state index < -0.39 is 0 Å². The molecular formula is C11H14N6O. The van der Waals surface area contributed by atoms with Crippen molar-refractivity contribution >= 4 is 11.6 Å². The first kappa shape index (κ1) is 12.0. The molecule has 7 heteroatoms. The summed E-state index contributed by atoms with van der Waals surface area (Å²) in [5, 5.41) is 9.71. The number of anilines is 1. The Bertz CT molecular complexity index is 533. The molecule has 2 N–H and O–H groups in total. The van der Waals surface area contributed by atoms with Crippen molar-refractivity contribution in [2.75, 3.05) is 12.4 Å². The highest BCUT2D eigenvalue weighted by Gasteiger charge is 2.07. The number of pyridine rings is 1. The number of aromatic nitrogens is 4. The molecule has 2 aromatic heterocycles. The highest BCUT2D eigenvalue weighted by molar-refractivity contribution is 5.92. The van der Waals surface area contributed by atoms with Gasteiger partial charge in [0, 0.05) is 14.1 Å². The van der Waals surface area contributed by atoms with E-state index in [9.17, 15) is 4.79 Å². The normalized spacial score (nSPS) is 10.1. The van der Waals surface area contributed by atoms with E-state index in [2.05, 4.69) is 25.7 Å².